The Kier molecular flexibility index (Phi) is 5.42. The Morgan fingerprint density at radius 1 is 1.41 bits per heavy atom. The molecule has 0 atom stereocenters. The third-order valence-electron chi connectivity index (χ3n) is 2.59. The first kappa shape index (κ1) is 13.4. The number of carbonyl (C=O) groups is 1. The van der Waals surface area contributed by atoms with Crippen LogP contribution < -0.4 is 4.90 Å². The van der Waals surface area contributed by atoms with Crippen molar-refractivity contribution in [3.63, 3.8) is 0 Å². The lowest BCUT2D eigenvalue weighted by Gasteiger charge is -2.20. The molecule has 1 rings (SSSR count). The summed E-state index contributed by atoms with van der Waals surface area (Å²) in [6, 6.07) is 1.70. The van der Waals surface area contributed by atoms with Crippen molar-refractivity contribution in [3.8, 4) is 0 Å². The normalized spacial score (nSPS) is 10.2. The van der Waals surface area contributed by atoms with E-state index in [0.717, 1.165) is 25.8 Å². The molecule has 1 heterocycles. The van der Waals surface area contributed by atoms with E-state index in [-0.39, 0.29) is 12.2 Å². The van der Waals surface area contributed by atoms with Crippen LogP contribution >= 0.6 is 0 Å². The second kappa shape index (κ2) is 6.85. The number of aliphatic hydroxyl groups is 1. The first-order valence-electron chi connectivity index (χ1n) is 5.66. The SMILES string of the molecule is CN(CCCCCO)c1ccncc1C(=O)O. The highest BCUT2D eigenvalue weighted by molar-refractivity contribution is 5.93. The number of aromatic carboxylic acids is 1. The van der Waals surface area contributed by atoms with Crippen LogP contribution in [-0.4, -0.2) is 41.4 Å². The van der Waals surface area contributed by atoms with Crippen LogP contribution in [0.15, 0.2) is 18.5 Å². The number of aromatic nitrogens is 1. The van der Waals surface area contributed by atoms with Crippen molar-refractivity contribution in [1.29, 1.82) is 0 Å². The minimum Gasteiger partial charge on any atom is -0.478 e. The number of carboxylic acids is 1. The standard InChI is InChI=1S/C12H18N2O3/c1-14(7-3-2-4-8-15)11-5-6-13-9-10(11)12(16)17/h5-6,9,15H,2-4,7-8H2,1H3,(H,16,17). The van der Waals surface area contributed by atoms with E-state index < -0.39 is 5.97 Å². The van der Waals surface area contributed by atoms with Gasteiger partial charge in [0.2, 0.25) is 0 Å². The van der Waals surface area contributed by atoms with Crippen molar-refractivity contribution >= 4 is 11.7 Å². The quantitative estimate of drug-likeness (QED) is 0.702. The summed E-state index contributed by atoms with van der Waals surface area (Å²) in [6.07, 6.45) is 5.61. The van der Waals surface area contributed by atoms with Crippen LogP contribution in [0, 0.1) is 0 Å². The largest absolute Gasteiger partial charge is 0.478 e. The molecule has 0 bridgehead atoms. The van der Waals surface area contributed by atoms with E-state index >= 15 is 0 Å². The number of carboxylic acid groups (broad SMARTS) is 1. The minimum absolute atomic E-state index is 0.208. The summed E-state index contributed by atoms with van der Waals surface area (Å²) in [7, 11) is 1.86. The van der Waals surface area contributed by atoms with Gasteiger partial charge in [-0.2, -0.15) is 0 Å². The first-order valence-corrected chi connectivity index (χ1v) is 5.66. The second-order valence-electron chi connectivity index (χ2n) is 3.90. The molecule has 1 aromatic rings. The Hall–Kier alpha value is -1.62. The average Bonchev–Trinajstić information content (AvgIpc) is 2.34. The molecule has 0 aromatic carbocycles. The maximum atomic E-state index is 11.0. The van der Waals surface area contributed by atoms with E-state index in [0.29, 0.717) is 5.69 Å². The Morgan fingerprint density at radius 2 is 2.18 bits per heavy atom. The monoisotopic (exact) mass is 238 g/mol. The highest BCUT2D eigenvalue weighted by Gasteiger charge is 2.12. The third kappa shape index (κ3) is 4.03. The van der Waals surface area contributed by atoms with Gasteiger partial charge in [0, 0.05) is 32.6 Å². The molecule has 0 amide bonds. The number of hydrogen-bond acceptors (Lipinski definition) is 4. The predicted octanol–water partition coefficient (Wildman–Crippen LogP) is 1.38. The van der Waals surface area contributed by atoms with Crippen LogP contribution in [0.25, 0.3) is 0 Å². The molecule has 1 aromatic heterocycles. The van der Waals surface area contributed by atoms with Crippen LogP contribution in [0.5, 0.6) is 0 Å². The highest BCUT2D eigenvalue weighted by atomic mass is 16.4. The zero-order chi connectivity index (χ0) is 12.7. The number of rotatable bonds is 7. The fourth-order valence-corrected chi connectivity index (χ4v) is 1.64. The van der Waals surface area contributed by atoms with E-state index in [1.807, 2.05) is 11.9 Å². The summed E-state index contributed by atoms with van der Waals surface area (Å²) in [6.45, 7) is 0.976. The summed E-state index contributed by atoms with van der Waals surface area (Å²) in [4.78, 5) is 16.7. The summed E-state index contributed by atoms with van der Waals surface area (Å²) >= 11 is 0. The molecule has 0 aliphatic heterocycles. The van der Waals surface area contributed by atoms with Crippen molar-refractivity contribution < 1.29 is 15.0 Å². The van der Waals surface area contributed by atoms with Crippen LogP contribution in [0.3, 0.4) is 0 Å². The Morgan fingerprint density at radius 3 is 2.82 bits per heavy atom. The van der Waals surface area contributed by atoms with Crippen molar-refractivity contribution in [2.24, 2.45) is 0 Å². The van der Waals surface area contributed by atoms with Gasteiger partial charge in [-0.1, -0.05) is 0 Å². The Bertz CT molecular complexity index is 369. The molecule has 0 aliphatic rings. The molecular weight excluding hydrogens is 220 g/mol. The molecule has 5 nitrogen and oxygen atoms in total. The highest BCUT2D eigenvalue weighted by Crippen LogP contribution is 2.18. The number of unbranched alkanes of at least 4 members (excludes halogenated alkanes) is 2. The van der Waals surface area contributed by atoms with Gasteiger partial charge in [-0.15, -0.1) is 0 Å². The topological polar surface area (TPSA) is 73.7 Å². The molecule has 17 heavy (non-hydrogen) atoms. The van der Waals surface area contributed by atoms with E-state index in [2.05, 4.69) is 4.98 Å². The van der Waals surface area contributed by atoms with Gasteiger partial charge in [0.05, 0.1) is 5.69 Å². The van der Waals surface area contributed by atoms with Crippen LogP contribution in [0.1, 0.15) is 29.6 Å². The van der Waals surface area contributed by atoms with Gasteiger partial charge in [-0.05, 0) is 25.3 Å². The summed E-state index contributed by atoms with van der Waals surface area (Å²) < 4.78 is 0. The van der Waals surface area contributed by atoms with E-state index in [1.54, 1.807) is 12.3 Å². The molecule has 0 spiro atoms. The maximum Gasteiger partial charge on any atom is 0.339 e. The van der Waals surface area contributed by atoms with Crippen LogP contribution in [-0.2, 0) is 0 Å². The van der Waals surface area contributed by atoms with Crippen molar-refractivity contribution in [2.75, 3.05) is 25.1 Å². The van der Waals surface area contributed by atoms with Gasteiger partial charge in [0.1, 0.15) is 5.56 Å². The summed E-state index contributed by atoms with van der Waals surface area (Å²) in [5, 5.41) is 17.7. The first-order chi connectivity index (χ1) is 8.16. The fraction of sp³-hybridized carbons (Fsp3) is 0.500. The molecule has 5 heteroatoms. The predicted molar refractivity (Wildman–Crippen MR) is 65.4 cm³/mol. The Balaban J connectivity index is 2.62. The molecule has 0 unspecified atom stereocenters. The van der Waals surface area contributed by atoms with Crippen molar-refractivity contribution in [1.82, 2.24) is 4.98 Å². The molecule has 2 N–H and O–H groups in total. The van der Waals surface area contributed by atoms with Gasteiger partial charge in [-0.3, -0.25) is 4.98 Å². The lowest BCUT2D eigenvalue weighted by Crippen LogP contribution is -2.21. The number of nitrogens with zero attached hydrogens (tertiary/aromatic N) is 2. The number of hydrogen-bond donors (Lipinski definition) is 2. The van der Waals surface area contributed by atoms with Gasteiger partial charge >= 0.3 is 5.97 Å². The molecule has 0 radical (unpaired) electrons. The second-order valence-corrected chi connectivity index (χ2v) is 3.90. The number of pyridine rings is 1. The van der Waals surface area contributed by atoms with Crippen molar-refractivity contribution in [2.45, 2.75) is 19.3 Å². The van der Waals surface area contributed by atoms with Gasteiger partial charge in [0.25, 0.3) is 0 Å². The lowest BCUT2D eigenvalue weighted by molar-refractivity contribution is 0.0697. The molecule has 0 aliphatic carbocycles. The third-order valence-corrected chi connectivity index (χ3v) is 2.59. The van der Waals surface area contributed by atoms with Crippen LogP contribution in [0.4, 0.5) is 5.69 Å². The van der Waals surface area contributed by atoms with Crippen molar-refractivity contribution in [3.05, 3.63) is 24.0 Å². The maximum absolute atomic E-state index is 11.0. The molecule has 0 fully saturated rings. The van der Waals surface area contributed by atoms with E-state index in [1.165, 1.54) is 6.20 Å². The lowest BCUT2D eigenvalue weighted by atomic mass is 10.2. The smallest absolute Gasteiger partial charge is 0.339 e. The summed E-state index contributed by atoms with van der Waals surface area (Å²) in [5.41, 5.74) is 0.897. The average molecular weight is 238 g/mol. The zero-order valence-corrected chi connectivity index (χ0v) is 9.96. The van der Waals surface area contributed by atoms with Gasteiger partial charge in [-0.25, -0.2) is 4.79 Å². The van der Waals surface area contributed by atoms with Gasteiger partial charge < -0.3 is 15.1 Å². The fourth-order valence-electron chi connectivity index (χ4n) is 1.64. The van der Waals surface area contributed by atoms with Crippen LogP contribution in [0.2, 0.25) is 0 Å². The molecule has 94 valence electrons. The van der Waals surface area contributed by atoms with E-state index in [9.17, 15) is 4.79 Å². The Labute approximate surface area is 101 Å². The molecule has 0 saturated carbocycles. The van der Waals surface area contributed by atoms with E-state index in [4.69, 9.17) is 10.2 Å². The zero-order valence-electron chi connectivity index (χ0n) is 9.96. The summed E-state index contributed by atoms with van der Waals surface area (Å²) in [5.74, 6) is -0.963. The van der Waals surface area contributed by atoms with Gasteiger partial charge in [0.15, 0.2) is 0 Å². The number of aliphatic hydroxyl groups excluding tert-OH is 1. The number of anilines is 1. The molecule has 0 saturated heterocycles. The molecular formula is C12H18N2O3. The minimum atomic E-state index is -0.963.